The number of fused-ring (bicyclic) bond motifs is 2. The number of rotatable bonds is 2. The zero-order chi connectivity index (χ0) is 14.1. The van der Waals surface area contributed by atoms with Crippen molar-refractivity contribution in [2.75, 3.05) is 7.05 Å². The van der Waals surface area contributed by atoms with Crippen LogP contribution in [0.3, 0.4) is 0 Å². The van der Waals surface area contributed by atoms with Crippen LogP contribution in [0.15, 0.2) is 18.5 Å². The van der Waals surface area contributed by atoms with Crippen molar-refractivity contribution in [1.29, 1.82) is 0 Å². The highest BCUT2D eigenvalue weighted by atomic mass is 35.5. The number of hydrogen-bond acceptors (Lipinski definition) is 3. The Hall–Kier alpha value is -1.13. The molecule has 1 amide bonds. The van der Waals surface area contributed by atoms with Crippen molar-refractivity contribution in [2.24, 2.45) is 0 Å². The molecule has 2 aliphatic rings. The molecule has 0 saturated carbocycles. The molecular formula is C15H20ClN3O. The van der Waals surface area contributed by atoms with Crippen LogP contribution in [-0.4, -0.2) is 41.0 Å². The maximum Gasteiger partial charge on any atom is 0.253 e. The summed E-state index contributed by atoms with van der Waals surface area (Å²) in [4.78, 5) is 18.7. The lowest BCUT2D eigenvalue weighted by Gasteiger charge is -2.47. The number of hydrogen-bond donors (Lipinski definition) is 1. The number of carbonyl (C=O) groups excluding carboxylic acids is 1. The molecule has 108 valence electrons. The topological polar surface area (TPSA) is 45.2 Å². The molecule has 2 fully saturated rings. The fourth-order valence-electron chi connectivity index (χ4n) is 3.56. The number of amides is 1. The van der Waals surface area contributed by atoms with Gasteiger partial charge in [0.15, 0.2) is 0 Å². The van der Waals surface area contributed by atoms with E-state index in [1.54, 1.807) is 12.3 Å². The summed E-state index contributed by atoms with van der Waals surface area (Å²) in [5, 5.41) is 3.56. The molecule has 2 unspecified atom stereocenters. The Kier molecular flexibility index (Phi) is 3.94. The molecule has 4 nitrogen and oxygen atoms in total. The van der Waals surface area contributed by atoms with Crippen molar-refractivity contribution in [3.8, 4) is 0 Å². The SMILES string of the molecule is CN1C2CCCC1CC(NC(=O)c1ccncc1Cl)C2. The highest BCUT2D eigenvalue weighted by molar-refractivity contribution is 6.33. The molecule has 0 spiro atoms. The molecule has 0 radical (unpaired) electrons. The molecule has 3 heterocycles. The van der Waals surface area contributed by atoms with E-state index in [1.165, 1.54) is 25.5 Å². The van der Waals surface area contributed by atoms with Gasteiger partial charge in [0.1, 0.15) is 0 Å². The summed E-state index contributed by atoms with van der Waals surface area (Å²) < 4.78 is 0. The zero-order valence-electron chi connectivity index (χ0n) is 11.7. The van der Waals surface area contributed by atoms with Gasteiger partial charge in [-0.25, -0.2) is 0 Å². The molecule has 0 aromatic carbocycles. The molecule has 20 heavy (non-hydrogen) atoms. The van der Waals surface area contributed by atoms with E-state index in [2.05, 4.69) is 22.2 Å². The summed E-state index contributed by atoms with van der Waals surface area (Å²) in [6.45, 7) is 0. The Bertz CT molecular complexity index is 494. The smallest absolute Gasteiger partial charge is 0.253 e. The molecule has 2 atom stereocenters. The fourth-order valence-corrected chi connectivity index (χ4v) is 3.76. The van der Waals surface area contributed by atoms with Crippen LogP contribution in [0, 0.1) is 0 Å². The second kappa shape index (κ2) is 5.70. The minimum Gasteiger partial charge on any atom is -0.349 e. The number of aromatic nitrogens is 1. The van der Waals surface area contributed by atoms with Crippen molar-refractivity contribution in [2.45, 2.75) is 50.2 Å². The Labute approximate surface area is 124 Å². The number of nitrogens with one attached hydrogen (secondary N) is 1. The second-order valence-corrected chi connectivity index (χ2v) is 6.31. The third-order valence-corrected chi connectivity index (χ3v) is 4.99. The van der Waals surface area contributed by atoms with Gasteiger partial charge < -0.3 is 10.2 Å². The van der Waals surface area contributed by atoms with E-state index >= 15 is 0 Å². The summed E-state index contributed by atoms with van der Waals surface area (Å²) in [6, 6.07) is 3.16. The normalized spacial score (nSPS) is 30.0. The standard InChI is InChI=1S/C15H20ClN3O/c1-19-11-3-2-4-12(19)8-10(7-11)18-15(20)13-5-6-17-9-14(13)16/h5-6,9-12H,2-4,7-8H2,1H3,(H,18,20). The Morgan fingerprint density at radius 2 is 2.10 bits per heavy atom. The summed E-state index contributed by atoms with van der Waals surface area (Å²) in [5.41, 5.74) is 0.519. The molecule has 1 N–H and O–H groups in total. The summed E-state index contributed by atoms with van der Waals surface area (Å²) >= 11 is 6.02. The first-order valence-corrected chi connectivity index (χ1v) is 7.65. The van der Waals surface area contributed by atoms with Gasteiger partial charge in [-0.15, -0.1) is 0 Å². The maximum atomic E-state index is 12.3. The largest absolute Gasteiger partial charge is 0.349 e. The van der Waals surface area contributed by atoms with E-state index in [9.17, 15) is 4.79 Å². The maximum absolute atomic E-state index is 12.3. The Morgan fingerprint density at radius 1 is 1.40 bits per heavy atom. The van der Waals surface area contributed by atoms with Crippen LogP contribution in [0.1, 0.15) is 42.5 Å². The third kappa shape index (κ3) is 2.67. The van der Waals surface area contributed by atoms with Crippen LogP contribution < -0.4 is 5.32 Å². The predicted molar refractivity (Wildman–Crippen MR) is 78.9 cm³/mol. The van der Waals surface area contributed by atoms with Gasteiger partial charge in [-0.3, -0.25) is 9.78 Å². The van der Waals surface area contributed by atoms with E-state index in [0.717, 1.165) is 12.8 Å². The Morgan fingerprint density at radius 3 is 2.75 bits per heavy atom. The van der Waals surface area contributed by atoms with Crippen LogP contribution in [0.25, 0.3) is 0 Å². The quantitative estimate of drug-likeness (QED) is 0.911. The lowest BCUT2D eigenvalue weighted by Crippen LogP contribution is -2.55. The van der Waals surface area contributed by atoms with Crippen molar-refractivity contribution < 1.29 is 4.79 Å². The van der Waals surface area contributed by atoms with Gasteiger partial charge in [-0.1, -0.05) is 18.0 Å². The fraction of sp³-hybridized carbons (Fsp3) is 0.600. The van der Waals surface area contributed by atoms with E-state index in [1.807, 2.05) is 0 Å². The van der Waals surface area contributed by atoms with E-state index in [0.29, 0.717) is 22.7 Å². The van der Waals surface area contributed by atoms with Gasteiger partial charge in [0.05, 0.1) is 10.6 Å². The summed E-state index contributed by atoms with van der Waals surface area (Å²) in [7, 11) is 2.21. The monoisotopic (exact) mass is 293 g/mol. The number of carbonyl (C=O) groups is 1. The first-order chi connectivity index (χ1) is 9.65. The highest BCUT2D eigenvalue weighted by Gasteiger charge is 2.36. The Balaban J connectivity index is 1.67. The molecule has 5 heteroatoms. The van der Waals surface area contributed by atoms with Crippen LogP contribution in [0.5, 0.6) is 0 Å². The van der Waals surface area contributed by atoms with Crippen LogP contribution in [0.2, 0.25) is 5.02 Å². The van der Waals surface area contributed by atoms with Gasteiger partial charge in [0, 0.05) is 30.5 Å². The molecule has 1 aromatic rings. The van der Waals surface area contributed by atoms with Gasteiger partial charge >= 0.3 is 0 Å². The van der Waals surface area contributed by atoms with Crippen molar-refractivity contribution in [3.63, 3.8) is 0 Å². The van der Waals surface area contributed by atoms with Gasteiger partial charge in [0.25, 0.3) is 5.91 Å². The minimum atomic E-state index is -0.0787. The van der Waals surface area contributed by atoms with Crippen LogP contribution in [-0.2, 0) is 0 Å². The first-order valence-electron chi connectivity index (χ1n) is 7.27. The molecule has 3 rings (SSSR count). The van der Waals surface area contributed by atoms with Crippen molar-refractivity contribution in [3.05, 3.63) is 29.0 Å². The number of halogens is 1. The van der Waals surface area contributed by atoms with Crippen LogP contribution in [0.4, 0.5) is 0 Å². The molecular weight excluding hydrogens is 274 g/mol. The molecule has 2 saturated heterocycles. The zero-order valence-corrected chi connectivity index (χ0v) is 12.4. The van der Waals surface area contributed by atoms with Gasteiger partial charge in [-0.2, -0.15) is 0 Å². The van der Waals surface area contributed by atoms with Crippen molar-refractivity contribution >= 4 is 17.5 Å². The number of pyridine rings is 1. The predicted octanol–water partition coefficient (Wildman–Crippen LogP) is 2.48. The van der Waals surface area contributed by atoms with Crippen LogP contribution >= 0.6 is 11.6 Å². The molecule has 2 bridgehead atoms. The first kappa shape index (κ1) is 13.8. The van der Waals surface area contributed by atoms with E-state index in [4.69, 9.17) is 11.6 Å². The lowest BCUT2D eigenvalue weighted by atomic mass is 9.82. The average Bonchev–Trinajstić information content (AvgIpc) is 2.40. The van der Waals surface area contributed by atoms with Gasteiger partial charge in [-0.05, 0) is 38.8 Å². The van der Waals surface area contributed by atoms with Gasteiger partial charge in [0.2, 0.25) is 0 Å². The van der Waals surface area contributed by atoms with Crippen molar-refractivity contribution in [1.82, 2.24) is 15.2 Å². The number of nitrogens with zero attached hydrogens (tertiary/aromatic N) is 2. The minimum absolute atomic E-state index is 0.0787. The third-order valence-electron chi connectivity index (χ3n) is 4.69. The summed E-state index contributed by atoms with van der Waals surface area (Å²) in [6.07, 6.45) is 9.01. The number of piperidine rings is 2. The molecule has 0 aliphatic carbocycles. The summed E-state index contributed by atoms with van der Waals surface area (Å²) in [5.74, 6) is -0.0787. The highest BCUT2D eigenvalue weighted by Crippen LogP contribution is 2.32. The lowest BCUT2D eigenvalue weighted by molar-refractivity contribution is 0.0463. The molecule has 1 aromatic heterocycles. The van der Waals surface area contributed by atoms with E-state index in [-0.39, 0.29) is 11.9 Å². The molecule has 2 aliphatic heterocycles. The second-order valence-electron chi connectivity index (χ2n) is 5.90. The van der Waals surface area contributed by atoms with E-state index < -0.39 is 0 Å². The average molecular weight is 294 g/mol.